The quantitative estimate of drug-likeness (QED) is 0.864. The highest BCUT2D eigenvalue weighted by atomic mass is 32.1. The molecule has 1 saturated carbocycles. The van der Waals surface area contributed by atoms with Gasteiger partial charge in [-0.1, -0.05) is 27.7 Å². The molecule has 0 aromatic carbocycles. The summed E-state index contributed by atoms with van der Waals surface area (Å²) < 4.78 is 0. The Labute approximate surface area is 109 Å². The highest BCUT2D eigenvalue weighted by Gasteiger charge is 2.39. The molecule has 1 fully saturated rings. The lowest BCUT2D eigenvalue weighted by atomic mass is 9.98. The average molecular weight is 252 g/mol. The molecule has 96 valence electrons. The van der Waals surface area contributed by atoms with Crippen LogP contribution in [0.5, 0.6) is 0 Å². The molecule has 0 bridgehead atoms. The number of rotatable bonds is 5. The highest BCUT2D eigenvalue weighted by molar-refractivity contribution is 7.11. The Morgan fingerprint density at radius 1 is 1.41 bits per heavy atom. The molecule has 17 heavy (non-hydrogen) atoms. The normalized spacial score (nSPS) is 18.4. The fourth-order valence-electron chi connectivity index (χ4n) is 2.02. The van der Waals surface area contributed by atoms with E-state index in [4.69, 9.17) is 0 Å². The topological polar surface area (TPSA) is 24.9 Å². The SMILES string of the molecule is CCC1(CNCc2cnc(C(C)(C)C)s2)CC1. The lowest BCUT2D eigenvalue weighted by Crippen LogP contribution is -2.22. The van der Waals surface area contributed by atoms with Gasteiger partial charge in [0.15, 0.2) is 0 Å². The molecule has 0 saturated heterocycles. The lowest BCUT2D eigenvalue weighted by molar-refractivity contribution is 0.444. The van der Waals surface area contributed by atoms with Gasteiger partial charge in [-0.2, -0.15) is 0 Å². The Morgan fingerprint density at radius 3 is 2.59 bits per heavy atom. The number of hydrogen-bond donors (Lipinski definition) is 1. The standard InChI is InChI=1S/C14H24N2S/c1-5-14(6-7-14)10-15-8-11-9-16-12(17-11)13(2,3)4/h9,15H,5-8,10H2,1-4H3. The second-order valence-corrected chi connectivity index (χ2v) is 7.45. The minimum Gasteiger partial charge on any atom is -0.311 e. The van der Waals surface area contributed by atoms with Crippen LogP contribution in [-0.2, 0) is 12.0 Å². The van der Waals surface area contributed by atoms with E-state index in [1.807, 2.05) is 17.5 Å². The van der Waals surface area contributed by atoms with Gasteiger partial charge < -0.3 is 5.32 Å². The van der Waals surface area contributed by atoms with Gasteiger partial charge in [-0.25, -0.2) is 4.98 Å². The van der Waals surface area contributed by atoms with Crippen LogP contribution in [0.25, 0.3) is 0 Å². The van der Waals surface area contributed by atoms with Crippen molar-refractivity contribution in [3.05, 3.63) is 16.1 Å². The van der Waals surface area contributed by atoms with E-state index < -0.39 is 0 Å². The molecular formula is C14H24N2S. The van der Waals surface area contributed by atoms with E-state index in [2.05, 4.69) is 38.0 Å². The second-order valence-electron chi connectivity index (χ2n) is 6.34. The Balaban J connectivity index is 1.81. The molecule has 0 unspecified atom stereocenters. The number of aromatic nitrogens is 1. The molecular weight excluding hydrogens is 228 g/mol. The van der Waals surface area contributed by atoms with Crippen molar-refractivity contribution in [1.82, 2.24) is 10.3 Å². The monoisotopic (exact) mass is 252 g/mol. The van der Waals surface area contributed by atoms with Crippen molar-refractivity contribution in [3.63, 3.8) is 0 Å². The average Bonchev–Trinajstić information content (AvgIpc) is 2.86. The van der Waals surface area contributed by atoms with Crippen LogP contribution in [0.4, 0.5) is 0 Å². The van der Waals surface area contributed by atoms with Crippen molar-refractivity contribution in [2.24, 2.45) is 5.41 Å². The van der Waals surface area contributed by atoms with E-state index in [-0.39, 0.29) is 5.41 Å². The molecule has 1 aliphatic carbocycles. The minimum atomic E-state index is 0.185. The summed E-state index contributed by atoms with van der Waals surface area (Å²) in [6.45, 7) is 11.1. The molecule has 0 radical (unpaired) electrons. The summed E-state index contributed by atoms with van der Waals surface area (Å²) >= 11 is 1.84. The lowest BCUT2D eigenvalue weighted by Gasteiger charge is -2.14. The summed E-state index contributed by atoms with van der Waals surface area (Å²) in [7, 11) is 0. The van der Waals surface area contributed by atoms with E-state index >= 15 is 0 Å². The second kappa shape index (κ2) is 4.69. The first kappa shape index (κ1) is 13.0. The molecule has 1 N–H and O–H groups in total. The first-order chi connectivity index (χ1) is 7.95. The van der Waals surface area contributed by atoms with Crippen LogP contribution < -0.4 is 5.32 Å². The molecule has 2 nitrogen and oxygen atoms in total. The Hall–Kier alpha value is -0.410. The number of thiazole rings is 1. The van der Waals surface area contributed by atoms with Gasteiger partial charge in [-0.15, -0.1) is 11.3 Å². The van der Waals surface area contributed by atoms with E-state index in [1.165, 1.54) is 35.7 Å². The van der Waals surface area contributed by atoms with Crippen molar-refractivity contribution in [1.29, 1.82) is 0 Å². The van der Waals surface area contributed by atoms with Crippen LogP contribution in [0.1, 0.15) is 56.8 Å². The third-order valence-electron chi connectivity index (χ3n) is 3.70. The Bertz CT molecular complexity index is 372. The van der Waals surface area contributed by atoms with Crippen molar-refractivity contribution in [2.75, 3.05) is 6.54 Å². The van der Waals surface area contributed by atoms with Gasteiger partial charge in [0.1, 0.15) is 0 Å². The zero-order valence-corrected chi connectivity index (χ0v) is 12.3. The number of nitrogens with one attached hydrogen (secondary N) is 1. The van der Waals surface area contributed by atoms with Gasteiger partial charge in [-0.3, -0.25) is 0 Å². The van der Waals surface area contributed by atoms with Gasteiger partial charge in [-0.05, 0) is 24.7 Å². The minimum absolute atomic E-state index is 0.185. The van der Waals surface area contributed by atoms with E-state index in [1.54, 1.807) is 0 Å². The van der Waals surface area contributed by atoms with Crippen molar-refractivity contribution in [3.8, 4) is 0 Å². The smallest absolute Gasteiger partial charge is 0.0981 e. The van der Waals surface area contributed by atoms with Crippen LogP contribution in [-0.4, -0.2) is 11.5 Å². The Kier molecular flexibility index (Phi) is 3.60. The fourth-order valence-corrected chi connectivity index (χ4v) is 2.96. The van der Waals surface area contributed by atoms with Gasteiger partial charge in [0.2, 0.25) is 0 Å². The molecule has 0 aliphatic heterocycles. The first-order valence-corrected chi connectivity index (χ1v) is 7.43. The summed E-state index contributed by atoms with van der Waals surface area (Å²) in [4.78, 5) is 5.88. The van der Waals surface area contributed by atoms with Gasteiger partial charge >= 0.3 is 0 Å². The summed E-state index contributed by atoms with van der Waals surface area (Å²) in [6, 6.07) is 0. The van der Waals surface area contributed by atoms with E-state index in [0.717, 1.165) is 6.54 Å². The van der Waals surface area contributed by atoms with Crippen LogP contribution in [0.2, 0.25) is 0 Å². The van der Waals surface area contributed by atoms with Gasteiger partial charge in [0.05, 0.1) is 5.01 Å². The molecule has 1 aliphatic rings. The van der Waals surface area contributed by atoms with Crippen LogP contribution in [0, 0.1) is 5.41 Å². The van der Waals surface area contributed by atoms with Gasteiger partial charge in [0, 0.05) is 29.6 Å². The Morgan fingerprint density at radius 2 is 2.12 bits per heavy atom. The van der Waals surface area contributed by atoms with Crippen molar-refractivity contribution >= 4 is 11.3 Å². The fraction of sp³-hybridized carbons (Fsp3) is 0.786. The van der Waals surface area contributed by atoms with E-state index in [9.17, 15) is 0 Å². The maximum Gasteiger partial charge on any atom is 0.0981 e. The highest BCUT2D eigenvalue weighted by Crippen LogP contribution is 2.47. The molecule has 0 atom stereocenters. The molecule has 0 spiro atoms. The summed E-state index contributed by atoms with van der Waals surface area (Å²) in [5.41, 5.74) is 0.821. The molecule has 0 amide bonds. The van der Waals surface area contributed by atoms with E-state index in [0.29, 0.717) is 5.41 Å². The predicted molar refractivity (Wildman–Crippen MR) is 74.5 cm³/mol. The molecule has 1 aromatic rings. The largest absolute Gasteiger partial charge is 0.311 e. The molecule has 1 heterocycles. The number of nitrogens with zero attached hydrogens (tertiary/aromatic N) is 1. The zero-order valence-electron chi connectivity index (χ0n) is 11.5. The maximum absolute atomic E-state index is 4.52. The zero-order chi connectivity index (χ0) is 12.5. The third kappa shape index (κ3) is 3.29. The van der Waals surface area contributed by atoms with Crippen molar-refractivity contribution in [2.45, 2.75) is 58.9 Å². The predicted octanol–water partition coefficient (Wildman–Crippen LogP) is 3.72. The summed E-state index contributed by atoms with van der Waals surface area (Å²) in [6.07, 6.45) is 6.17. The van der Waals surface area contributed by atoms with Crippen LogP contribution in [0.15, 0.2) is 6.20 Å². The first-order valence-electron chi connectivity index (χ1n) is 6.61. The maximum atomic E-state index is 4.52. The molecule has 2 rings (SSSR count). The van der Waals surface area contributed by atoms with Crippen LogP contribution in [0.3, 0.4) is 0 Å². The third-order valence-corrected chi connectivity index (χ3v) is 5.12. The molecule has 3 heteroatoms. The van der Waals surface area contributed by atoms with Crippen LogP contribution >= 0.6 is 11.3 Å². The van der Waals surface area contributed by atoms with Crippen molar-refractivity contribution < 1.29 is 0 Å². The molecule has 1 aromatic heterocycles. The summed E-state index contributed by atoms with van der Waals surface area (Å²) in [5, 5.41) is 4.83. The van der Waals surface area contributed by atoms with Gasteiger partial charge in [0.25, 0.3) is 0 Å². The summed E-state index contributed by atoms with van der Waals surface area (Å²) in [5.74, 6) is 0. The number of hydrogen-bond acceptors (Lipinski definition) is 3.